The minimum Gasteiger partial charge on any atom is -0.461 e. The predicted octanol–water partition coefficient (Wildman–Crippen LogP) is 2.79. The van der Waals surface area contributed by atoms with Crippen LogP contribution in [0, 0.1) is 0 Å². The van der Waals surface area contributed by atoms with E-state index in [0.717, 1.165) is 11.1 Å². The summed E-state index contributed by atoms with van der Waals surface area (Å²) >= 11 is 3.22. The first-order chi connectivity index (χ1) is 8.63. The lowest BCUT2D eigenvalue weighted by atomic mass is 10.1. The largest absolute Gasteiger partial charge is 0.461 e. The Kier molecular flexibility index (Phi) is 6.35. The van der Waals surface area contributed by atoms with Gasteiger partial charge in [0.25, 0.3) is 0 Å². The molecule has 1 aromatic rings. The molecule has 0 saturated heterocycles. The summed E-state index contributed by atoms with van der Waals surface area (Å²) in [6, 6.07) is 7.21. The highest BCUT2D eigenvalue weighted by Crippen LogP contribution is 2.10. The van der Waals surface area contributed by atoms with Crippen molar-refractivity contribution in [1.82, 2.24) is 0 Å². The van der Waals surface area contributed by atoms with Crippen molar-refractivity contribution in [3.05, 3.63) is 35.4 Å². The third-order valence-corrected chi connectivity index (χ3v) is 2.55. The van der Waals surface area contributed by atoms with E-state index in [1.165, 1.54) is 6.92 Å². The maximum absolute atomic E-state index is 11.8. The van der Waals surface area contributed by atoms with E-state index in [9.17, 15) is 9.18 Å². The van der Waals surface area contributed by atoms with Gasteiger partial charge in [-0.25, -0.2) is 4.39 Å². The molecule has 0 N–H and O–H groups in total. The molecule has 0 fully saturated rings. The minimum atomic E-state index is -0.578. The van der Waals surface area contributed by atoms with E-state index in [0.29, 0.717) is 4.62 Å². The van der Waals surface area contributed by atoms with E-state index in [2.05, 4.69) is 21.1 Å². The molecule has 0 aromatic heterocycles. The summed E-state index contributed by atoms with van der Waals surface area (Å²) in [5.74, 6) is -0.318. The third-order valence-electron chi connectivity index (χ3n) is 1.95. The number of alkyl halides is 1. The molecule has 98 valence electrons. The van der Waals surface area contributed by atoms with E-state index < -0.39 is 6.67 Å². The van der Waals surface area contributed by atoms with Gasteiger partial charge in [-0.3, -0.25) is 4.79 Å². The quantitative estimate of drug-likeness (QED) is 0.351. The van der Waals surface area contributed by atoms with Crippen LogP contribution >= 0.6 is 15.9 Å². The van der Waals surface area contributed by atoms with Crippen LogP contribution in [0.2, 0.25) is 0 Å². The van der Waals surface area contributed by atoms with Gasteiger partial charge in [-0.2, -0.15) is 0 Å². The topological polar surface area (TPSA) is 47.9 Å². The van der Waals surface area contributed by atoms with Gasteiger partial charge in [-0.15, -0.1) is 0 Å². The van der Waals surface area contributed by atoms with Crippen LogP contribution in [0.3, 0.4) is 0 Å². The zero-order valence-corrected chi connectivity index (χ0v) is 11.4. The molecule has 1 aromatic carbocycles. The van der Waals surface area contributed by atoms with Crippen molar-refractivity contribution in [2.75, 3.05) is 13.3 Å². The number of carbonyl (C=O) groups is 1. The smallest absolute Gasteiger partial charge is 0.302 e. The summed E-state index contributed by atoms with van der Waals surface area (Å²) in [5.41, 5.74) is 1.67. The Morgan fingerprint density at radius 2 is 2.06 bits per heavy atom. The zero-order valence-electron chi connectivity index (χ0n) is 9.86. The summed E-state index contributed by atoms with van der Waals surface area (Å²) in [5, 5.41) is 3.70. The monoisotopic (exact) mass is 317 g/mol. The van der Waals surface area contributed by atoms with Gasteiger partial charge in [0.2, 0.25) is 0 Å². The maximum Gasteiger partial charge on any atom is 0.302 e. The normalized spacial score (nSPS) is 11.2. The second-order valence-electron chi connectivity index (χ2n) is 3.38. The van der Waals surface area contributed by atoms with Crippen LogP contribution in [0.4, 0.5) is 4.39 Å². The van der Waals surface area contributed by atoms with Crippen molar-refractivity contribution < 1.29 is 18.8 Å². The molecule has 4 nitrogen and oxygen atoms in total. The summed E-state index contributed by atoms with van der Waals surface area (Å²) in [6.07, 6.45) is 0. The molecule has 0 spiro atoms. The predicted molar refractivity (Wildman–Crippen MR) is 69.3 cm³/mol. The van der Waals surface area contributed by atoms with E-state index >= 15 is 0 Å². The number of benzene rings is 1. The van der Waals surface area contributed by atoms with Crippen LogP contribution in [-0.2, 0) is 21.0 Å². The fourth-order valence-corrected chi connectivity index (χ4v) is 1.48. The van der Waals surface area contributed by atoms with Crippen molar-refractivity contribution in [2.45, 2.75) is 13.5 Å². The van der Waals surface area contributed by atoms with Crippen molar-refractivity contribution in [3.63, 3.8) is 0 Å². The van der Waals surface area contributed by atoms with E-state index in [1.54, 1.807) is 12.1 Å². The van der Waals surface area contributed by atoms with Crippen LogP contribution in [-0.4, -0.2) is 23.9 Å². The lowest BCUT2D eigenvalue weighted by molar-refractivity contribution is -0.142. The third kappa shape index (κ3) is 5.27. The Balaban J connectivity index is 2.58. The Labute approximate surface area is 113 Å². The lowest BCUT2D eigenvalue weighted by Gasteiger charge is -2.03. The first kappa shape index (κ1) is 14.6. The highest BCUT2D eigenvalue weighted by Gasteiger charge is 2.01. The molecule has 0 aliphatic carbocycles. The van der Waals surface area contributed by atoms with Gasteiger partial charge >= 0.3 is 5.97 Å². The van der Waals surface area contributed by atoms with E-state index in [1.807, 2.05) is 12.1 Å². The Morgan fingerprint density at radius 1 is 1.39 bits per heavy atom. The molecule has 0 amide bonds. The van der Waals surface area contributed by atoms with Gasteiger partial charge in [0.05, 0.1) is 0 Å². The minimum absolute atomic E-state index is 0.0698. The Hall–Kier alpha value is -1.43. The second-order valence-corrected chi connectivity index (χ2v) is 4.13. The molecule has 0 heterocycles. The van der Waals surface area contributed by atoms with Crippen molar-refractivity contribution in [3.8, 4) is 0 Å². The molecule has 6 heteroatoms. The number of rotatable bonds is 6. The number of oxime groups is 1. The number of esters is 1. The molecular formula is C12H13BrFNO3. The fourth-order valence-electron chi connectivity index (χ4n) is 1.11. The molecule has 18 heavy (non-hydrogen) atoms. The molecule has 0 saturated carbocycles. The molecule has 0 bridgehead atoms. The second kappa shape index (κ2) is 7.81. The van der Waals surface area contributed by atoms with Gasteiger partial charge in [0.15, 0.2) is 4.62 Å². The fraction of sp³-hybridized carbons (Fsp3) is 0.333. The molecule has 0 radical (unpaired) electrons. The van der Waals surface area contributed by atoms with Gasteiger partial charge in [-0.05, 0) is 21.5 Å². The number of hydrogen-bond acceptors (Lipinski definition) is 4. The van der Waals surface area contributed by atoms with Crippen LogP contribution in [0.5, 0.6) is 0 Å². The van der Waals surface area contributed by atoms with Gasteiger partial charge in [-0.1, -0.05) is 29.4 Å². The van der Waals surface area contributed by atoms with Crippen LogP contribution in [0.1, 0.15) is 18.1 Å². The first-order valence-corrected chi connectivity index (χ1v) is 6.07. The number of halogens is 2. The van der Waals surface area contributed by atoms with E-state index in [4.69, 9.17) is 9.57 Å². The van der Waals surface area contributed by atoms with Crippen molar-refractivity contribution in [1.29, 1.82) is 0 Å². The van der Waals surface area contributed by atoms with Crippen molar-refractivity contribution >= 4 is 26.5 Å². The summed E-state index contributed by atoms with van der Waals surface area (Å²) in [6.45, 7) is 0.952. The van der Waals surface area contributed by atoms with Gasteiger partial charge < -0.3 is 9.57 Å². The maximum atomic E-state index is 11.8. The molecule has 0 aliphatic heterocycles. The number of carbonyl (C=O) groups excluding carboxylic acids is 1. The van der Waals surface area contributed by atoms with Gasteiger partial charge in [0.1, 0.15) is 19.9 Å². The number of hydrogen-bond donors (Lipinski definition) is 0. The zero-order chi connectivity index (χ0) is 13.4. The molecule has 1 rings (SSSR count). The van der Waals surface area contributed by atoms with Crippen LogP contribution in [0.15, 0.2) is 29.4 Å². The first-order valence-electron chi connectivity index (χ1n) is 5.27. The summed E-state index contributed by atoms with van der Waals surface area (Å²) < 4.78 is 17.1. The van der Waals surface area contributed by atoms with Gasteiger partial charge in [0, 0.05) is 12.5 Å². The lowest BCUT2D eigenvalue weighted by Crippen LogP contribution is -1.99. The van der Waals surface area contributed by atoms with Crippen molar-refractivity contribution in [2.24, 2.45) is 5.16 Å². The van der Waals surface area contributed by atoms with Crippen LogP contribution < -0.4 is 0 Å². The SMILES string of the molecule is CC(=O)OCc1ccc(/C(Br)=N/OCCF)cc1. The molecular weight excluding hydrogens is 305 g/mol. The van der Waals surface area contributed by atoms with E-state index in [-0.39, 0.29) is 19.2 Å². The highest BCUT2D eigenvalue weighted by molar-refractivity contribution is 9.18. The highest BCUT2D eigenvalue weighted by atomic mass is 79.9. The Bertz CT molecular complexity index is 420. The standard InChI is InChI=1S/C12H13BrFNO3/c1-9(16)17-8-10-2-4-11(5-3-10)12(13)15-18-7-6-14/h2-5H,6-8H2,1H3/b15-12-. The Morgan fingerprint density at radius 3 is 2.61 bits per heavy atom. The average Bonchev–Trinajstić information content (AvgIpc) is 2.37. The number of nitrogens with zero attached hydrogens (tertiary/aromatic N) is 1. The summed E-state index contributed by atoms with van der Waals surface area (Å²) in [4.78, 5) is 15.3. The molecule has 0 atom stereocenters. The van der Waals surface area contributed by atoms with Crippen LogP contribution in [0.25, 0.3) is 0 Å². The number of ether oxygens (including phenoxy) is 1. The molecule has 0 unspecified atom stereocenters. The average molecular weight is 318 g/mol. The molecule has 0 aliphatic rings. The summed E-state index contributed by atoms with van der Waals surface area (Å²) in [7, 11) is 0.